The van der Waals surface area contributed by atoms with Crippen molar-refractivity contribution in [2.24, 2.45) is 0 Å². The summed E-state index contributed by atoms with van der Waals surface area (Å²) in [5, 5.41) is 6.63. The largest absolute Gasteiger partial charge is 0.497 e. The van der Waals surface area contributed by atoms with Crippen LogP contribution in [-0.4, -0.2) is 71.6 Å². The Bertz CT molecular complexity index is 1270. The highest BCUT2D eigenvalue weighted by Crippen LogP contribution is 2.25. The minimum Gasteiger partial charge on any atom is -0.497 e. The van der Waals surface area contributed by atoms with Gasteiger partial charge in [0.2, 0.25) is 11.8 Å². The van der Waals surface area contributed by atoms with Gasteiger partial charge in [-0.25, -0.2) is 13.5 Å². The standard InChI is InChI=1S/C26H33N5O4S/c1-17-11-21(35-6)12-18(2)26(17)36(34)31(5)16-24(32)28-14-25(33)30(4)15-19-7-9-22-20(13-19)8-10-23(27-3)29-22/h7-13H,14-16H2,1-6H3,(H,27,29)(H,28,32). The van der Waals surface area contributed by atoms with Crippen LogP contribution in [0.1, 0.15) is 16.7 Å². The number of fused-ring (bicyclic) bond motifs is 1. The minimum absolute atomic E-state index is 0.110. The molecule has 0 aliphatic rings. The van der Waals surface area contributed by atoms with E-state index in [1.807, 2.05) is 63.4 Å². The van der Waals surface area contributed by atoms with Gasteiger partial charge in [0.25, 0.3) is 0 Å². The molecule has 2 N–H and O–H groups in total. The molecule has 0 fully saturated rings. The Morgan fingerprint density at radius 2 is 1.75 bits per heavy atom. The summed E-state index contributed by atoms with van der Waals surface area (Å²) in [6.45, 7) is 3.87. The molecule has 10 heteroatoms. The molecule has 0 saturated carbocycles. The van der Waals surface area contributed by atoms with E-state index in [1.54, 1.807) is 26.1 Å². The van der Waals surface area contributed by atoms with Crippen LogP contribution in [0.15, 0.2) is 47.4 Å². The van der Waals surface area contributed by atoms with Crippen molar-refractivity contribution < 1.29 is 18.5 Å². The van der Waals surface area contributed by atoms with Crippen LogP contribution >= 0.6 is 0 Å². The fourth-order valence-electron chi connectivity index (χ4n) is 3.86. The summed E-state index contributed by atoms with van der Waals surface area (Å²) >= 11 is 0. The highest BCUT2D eigenvalue weighted by Gasteiger charge is 2.20. The lowest BCUT2D eigenvalue weighted by Gasteiger charge is -2.20. The first-order valence-electron chi connectivity index (χ1n) is 11.5. The first-order valence-corrected chi connectivity index (χ1v) is 12.6. The van der Waals surface area contributed by atoms with Gasteiger partial charge in [0, 0.05) is 33.1 Å². The summed E-state index contributed by atoms with van der Waals surface area (Å²) in [6.07, 6.45) is 0. The van der Waals surface area contributed by atoms with Crippen LogP contribution in [0.25, 0.3) is 10.9 Å². The van der Waals surface area contributed by atoms with Crippen molar-refractivity contribution in [2.45, 2.75) is 25.3 Å². The maximum atomic E-state index is 13.0. The molecule has 1 unspecified atom stereocenters. The number of anilines is 1. The number of aromatic nitrogens is 1. The summed E-state index contributed by atoms with van der Waals surface area (Å²) in [5.74, 6) is 0.880. The average molecular weight is 512 g/mol. The van der Waals surface area contributed by atoms with Gasteiger partial charge in [-0.3, -0.25) is 9.59 Å². The van der Waals surface area contributed by atoms with Crippen LogP contribution in [-0.2, 0) is 27.1 Å². The second-order valence-corrected chi connectivity index (χ2v) is 10.2. The van der Waals surface area contributed by atoms with Crippen LogP contribution in [0.2, 0.25) is 0 Å². The number of methoxy groups -OCH3 is 1. The summed E-state index contributed by atoms with van der Waals surface area (Å²) in [6, 6.07) is 13.4. The van der Waals surface area contributed by atoms with Gasteiger partial charge < -0.3 is 20.3 Å². The Morgan fingerprint density at radius 1 is 1.06 bits per heavy atom. The zero-order valence-corrected chi connectivity index (χ0v) is 22.4. The fraction of sp³-hybridized carbons (Fsp3) is 0.346. The number of nitrogens with one attached hydrogen (secondary N) is 2. The van der Waals surface area contributed by atoms with Crippen LogP contribution < -0.4 is 15.4 Å². The van der Waals surface area contributed by atoms with Crippen molar-refractivity contribution in [1.82, 2.24) is 19.5 Å². The monoisotopic (exact) mass is 511 g/mol. The van der Waals surface area contributed by atoms with E-state index < -0.39 is 11.0 Å². The van der Waals surface area contributed by atoms with Crippen LogP contribution in [0.3, 0.4) is 0 Å². The minimum atomic E-state index is -1.53. The van der Waals surface area contributed by atoms with E-state index in [9.17, 15) is 13.8 Å². The van der Waals surface area contributed by atoms with Crippen molar-refractivity contribution in [2.75, 3.05) is 46.7 Å². The first kappa shape index (κ1) is 27.1. The predicted molar refractivity (Wildman–Crippen MR) is 142 cm³/mol. The zero-order chi connectivity index (χ0) is 26.4. The van der Waals surface area contributed by atoms with Gasteiger partial charge in [0.1, 0.15) is 22.6 Å². The summed E-state index contributed by atoms with van der Waals surface area (Å²) in [4.78, 5) is 31.8. The highest BCUT2D eigenvalue weighted by atomic mass is 32.2. The Balaban J connectivity index is 1.53. The number of carbonyl (C=O) groups is 2. The maximum absolute atomic E-state index is 13.0. The van der Waals surface area contributed by atoms with Gasteiger partial charge in [0.05, 0.1) is 30.6 Å². The molecule has 36 heavy (non-hydrogen) atoms. The summed E-state index contributed by atoms with van der Waals surface area (Å²) < 4.78 is 19.7. The molecule has 0 spiro atoms. The lowest BCUT2D eigenvalue weighted by atomic mass is 10.1. The van der Waals surface area contributed by atoms with E-state index in [0.717, 1.165) is 33.4 Å². The number of rotatable bonds is 10. The predicted octanol–water partition coefficient (Wildman–Crippen LogP) is 2.63. The number of likely N-dealkylation sites (N-methyl/N-ethyl adjacent to an activating group) is 2. The third-order valence-corrected chi connectivity index (χ3v) is 7.47. The SMILES string of the molecule is CNc1ccc2cc(CN(C)C(=O)CNC(=O)CN(C)S(=O)c3c(C)cc(OC)cc3C)ccc2n1. The van der Waals surface area contributed by atoms with Crippen molar-refractivity contribution in [3.8, 4) is 5.75 Å². The molecule has 2 aromatic carbocycles. The number of amides is 2. The molecule has 3 rings (SSSR count). The Labute approximate surface area is 214 Å². The number of carbonyl (C=O) groups excluding carboxylic acids is 2. The zero-order valence-electron chi connectivity index (χ0n) is 21.5. The van der Waals surface area contributed by atoms with Crippen LogP contribution in [0, 0.1) is 13.8 Å². The third kappa shape index (κ3) is 6.58. The molecule has 2 amide bonds. The quantitative estimate of drug-likeness (QED) is 0.434. The van der Waals surface area contributed by atoms with Crippen molar-refractivity contribution in [1.29, 1.82) is 0 Å². The maximum Gasteiger partial charge on any atom is 0.242 e. The molecule has 0 aliphatic carbocycles. The third-order valence-electron chi connectivity index (χ3n) is 5.79. The number of hydrogen-bond acceptors (Lipinski definition) is 6. The topological polar surface area (TPSA) is 104 Å². The molecular formula is C26H33N5O4S. The Morgan fingerprint density at radius 3 is 2.39 bits per heavy atom. The molecule has 3 aromatic rings. The molecule has 1 atom stereocenters. The van der Waals surface area contributed by atoms with Gasteiger partial charge in [0.15, 0.2) is 0 Å². The van der Waals surface area contributed by atoms with Gasteiger partial charge in [-0.15, -0.1) is 0 Å². The van der Waals surface area contributed by atoms with Gasteiger partial charge in [-0.2, -0.15) is 0 Å². The lowest BCUT2D eigenvalue weighted by molar-refractivity contribution is -0.132. The normalized spacial score (nSPS) is 11.9. The fourth-order valence-corrected chi connectivity index (χ4v) is 5.08. The molecule has 0 aliphatic heterocycles. The van der Waals surface area contributed by atoms with Crippen LogP contribution in [0.4, 0.5) is 5.82 Å². The Kier molecular flexibility index (Phi) is 9.00. The number of benzene rings is 2. The number of pyridine rings is 1. The van der Waals surface area contributed by atoms with Gasteiger partial charge >= 0.3 is 0 Å². The molecule has 1 heterocycles. The summed E-state index contributed by atoms with van der Waals surface area (Å²) in [5.41, 5.74) is 3.47. The smallest absolute Gasteiger partial charge is 0.242 e. The highest BCUT2D eigenvalue weighted by molar-refractivity contribution is 7.82. The number of hydrogen-bond donors (Lipinski definition) is 2. The van der Waals surface area contributed by atoms with Gasteiger partial charge in [-0.1, -0.05) is 6.07 Å². The van der Waals surface area contributed by atoms with Crippen molar-refractivity contribution in [3.63, 3.8) is 0 Å². The molecule has 192 valence electrons. The van der Waals surface area contributed by atoms with E-state index in [4.69, 9.17) is 4.74 Å². The second-order valence-electron chi connectivity index (χ2n) is 8.63. The van der Waals surface area contributed by atoms with E-state index in [2.05, 4.69) is 15.6 Å². The van der Waals surface area contributed by atoms with Crippen LogP contribution in [0.5, 0.6) is 5.75 Å². The number of nitrogens with zero attached hydrogens (tertiary/aromatic N) is 3. The van der Waals surface area contributed by atoms with E-state index in [-0.39, 0.29) is 24.9 Å². The molecule has 9 nitrogen and oxygen atoms in total. The molecule has 0 bridgehead atoms. The number of ether oxygens (including phenoxy) is 1. The van der Waals surface area contributed by atoms with Gasteiger partial charge in [-0.05, 0) is 66.9 Å². The van der Waals surface area contributed by atoms with E-state index >= 15 is 0 Å². The average Bonchev–Trinajstić information content (AvgIpc) is 2.86. The molecule has 0 radical (unpaired) electrons. The molecular weight excluding hydrogens is 478 g/mol. The summed E-state index contributed by atoms with van der Waals surface area (Å²) in [7, 11) is 5.17. The molecule has 0 saturated heterocycles. The van der Waals surface area contributed by atoms with E-state index in [0.29, 0.717) is 17.2 Å². The van der Waals surface area contributed by atoms with E-state index in [1.165, 1.54) is 4.31 Å². The van der Waals surface area contributed by atoms with Crippen molar-refractivity contribution in [3.05, 3.63) is 59.2 Å². The first-order chi connectivity index (χ1) is 17.1. The second kappa shape index (κ2) is 12.0. The van der Waals surface area contributed by atoms with Crippen molar-refractivity contribution >= 4 is 39.5 Å². The molecule has 1 aromatic heterocycles. The Hall–Kier alpha value is -3.50. The lowest BCUT2D eigenvalue weighted by Crippen LogP contribution is -2.42. The number of aryl methyl sites for hydroxylation is 2.